The predicted octanol–water partition coefficient (Wildman–Crippen LogP) is 6.58. The lowest BCUT2D eigenvalue weighted by Gasteiger charge is -2.27. The van der Waals surface area contributed by atoms with Crippen molar-refractivity contribution in [2.75, 3.05) is 6.61 Å². The second-order valence-corrected chi connectivity index (χ2v) is 9.58. The molecular formula is C28H24F3N3O4. The molecule has 2 N–H and O–H groups in total. The number of alkyl halides is 3. The molecule has 3 heterocycles. The lowest BCUT2D eigenvalue weighted by atomic mass is 9.75. The van der Waals surface area contributed by atoms with Crippen LogP contribution in [-0.4, -0.2) is 21.4 Å². The molecule has 2 aromatic carbocycles. The van der Waals surface area contributed by atoms with Gasteiger partial charge in [-0.25, -0.2) is 4.85 Å². The van der Waals surface area contributed by atoms with E-state index in [1.54, 1.807) is 0 Å². The van der Waals surface area contributed by atoms with E-state index in [4.69, 9.17) is 16.0 Å². The average Bonchev–Trinajstić information content (AvgIpc) is 3.51. The number of hydrogen-bond acceptors (Lipinski definition) is 5. The number of fused-ring (bicyclic) bond motifs is 5. The molecule has 5 rings (SSSR count). The Morgan fingerprint density at radius 3 is 2.32 bits per heavy atom. The summed E-state index contributed by atoms with van der Waals surface area (Å²) in [6.45, 7) is 7.72. The molecule has 1 saturated heterocycles. The molecule has 7 nitrogen and oxygen atoms in total. The number of ether oxygens (including phenoxy) is 2. The van der Waals surface area contributed by atoms with E-state index >= 15 is 0 Å². The number of aromatic hydroxyl groups is 2. The SMILES string of the molecule is [C-]#[N+]c1ccc(-n2c(O)c3c(c2O)C2(CCOCc4ccccc4)CCC3(CCC#N)O2)cc1C(F)(F)F. The van der Waals surface area contributed by atoms with Crippen LogP contribution in [0.3, 0.4) is 0 Å². The summed E-state index contributed by atoms with van der Waals surface area (Å²) < 4.78 is 54.2. The number of hydrogen-bond donors (Lipinski definition) is 2. The van der Waals surface area contributed by atoms with E-state index in [-0.39, 0.29) is 25.1 Å². The summed E-state index contributed by atoms with van der Waals surface area (Å²) in [4.78, 5) is 2.95. The van der Waals surface area contributed by atoms with Gasteiger partial charge in [-0.15, -0.1) is 0 Å². The van der Waals surface area contributed by atoms with Crippen LogP contribution in [0.25, 0.3) is 10.5 Å². The van der Waals surface area contributed by atoms with Gasteiger partial charge in [0.2, 0.25) is 11.8 Å². The molecular weight excluding hydrogens is 499 g/mol. The fourth-order valence-electron chi connectivity index (χ4n) is 5.74. The number of halogens is 3. The maximum absolute atomic E-state index is 13.6. The highest BCUT2D eigenvalue weighted by Crippen LogP contribution is 2.67. The van der Waals surface area contributed by atoms with Gasteiger partial charge < -0.3 is 19.7 Å². The number of nitriles is 1. The summed E-state index contributed by atoms with van der Waals surface area (Å²) in [5.41, 5.74) is -2.38. The number of benzene rings is 2. The van der Waals surface area contributed by atoms with Crippen LogP contribution in [0.15, 0.2) is 48.5 Å². The topological polar surface area (TPSA) is 92.0 Å². The minimum Gasteiger partial charge on any atom is -0.494 e. The van der Waals surface area contributed by atoms with Crippen molar-refractivity contribution < 1.29 is 32.9 Å². The molecule has 3 aromatic rings. The molecule has 38 heavy (non-hydrogen) atoms. The maximum atomic E-state index is 13.6. The molecule has 196 valence electrons. The van der Waals surface area contributed by atoms with Crippen molar-refractivity contribution in [3.63, 3.8) is 0 Å². The monoisotopic (exact) mass is 523 g/mol. The Balaban J connectivity index is 1.54. The standard InChI is InChI=1S/C28H24F3N3O4/c1-33-21-9-8-19(16-20(21)28(29,30)31)34-24(35)22-23(25(34)36)27(12-11-26(22,38-27)10-5-14-32)13-15-37-17-18-6-3-2-4-7-18/h2-4,6-9,16,35-36H,5,10-13,15,17H2. The zero-order valence-corrected chi connectivity index (χ0v) is 20.3. The van der Waals surface area contributed by atoms with E-state index in [2.05, 4.69) is 10.9 Å². The van der Waals surface area contributed by atoms with Crippen molar-refractivity contribution in [3.8, 4) is 23.5 Å². The van der Waals surface area contributed by atoms with E-state index in [1.165, 1.54) is 6.07 Å². The normalized spacial score (nSPS) is 21.7. The van der Waals surface area contributed by atoms with Gasteiger partial charge in [0.25, 0.3) is 0 Å². The molecule has 0 saturated carbocycles. The van der Waals surface area contributed by atoms with Crippen LogP contribution in [0.4, 0.5) is 18.9 Å². The van der Waals surface area contributed by atoms with Gasteiger partial charge in [0.15, 0.2) is 5.69 Å². The molecule has 1 fully saturated rings. The first-order chi connectivity index (χ1) is 18.2. The lowest BCUT2D eigenvalue weighted by molar-refractivity contribution is -0.136. The molecule has 2 aliphatic heterocycles. The van der Waals surface area contributed by atoms with Gasteiger partial charge in [-0.2, -0.15) is 18.4 Å². The smallest absolute Gasteiger partial charge is 0.407 e. The van der Waals surface area contributed by atoms with E-state index in [0.717, 1.165) is 22.3 Å². The second-order valence-electron chi connectivity index (χ2n) is 9.58. The van der Waals surface area contributed by atoms with Gasteiger partial charge in [0.05, 0.1) is 48.2 Å². The largest absolute Gasteiger partial charge is 0.494 e. The van der Waals surface area contributed by atoms with E-state index in [9.17, 15) is 28.6 Å². The van der Waals surface area contributed by atoms with Gasteiger partial charge in [0.1, 0.15) is 11.2 Å². The van der Waals surface area contributed by atoms with Crippen LogP contribution < -0.4 is 0 Å². The van der Waals surface area contributed by atoms with Gasteiger partial charge in [-0.05, 0) is 37.0 Å². The van der Waals surface area contributed by atoms with Crippen LogP contribution >= 0.6 is 0 Å². The molecule has 2 atom stereocenters. The summed E-state index contributed by atoms with van der Waals surface area (Å²) in [7, 11) is 0. The Bertz CT molecular complexity index is 1460. The molecule has 0 aliphatic carbocycles. The predicted molar refractivity (Wildman–Crippen MR) is 130 cm³/mol. The second kappa shape index (κ2) is 9.39. The lowest BCUT2D eigenvalue weighted by Crippen LogP contribution is -2.25. The number of aromatic nitrogens is 1. The van der Waals surface area contributed by atoms with E-state index in [1.807, 2.05) is 30.3 Å². The minimum atomic E-state index is -4.80. The van der Waals surface area contributed by atoms with Crippen molar-refractivity contribution in [2.24, 2.45) is 0 Å². The van der Waals surface area contributed by atoms with Crippen LogP contribution in [0.2, 0.25) is 0 Å². The van der Waals surface area contributed by atoms with Gasteiger partial charge in [-0.3, -0.25) is 4.57 Å². The molecule has 0 amide bonds. The third-order valence-corrected chi connectivity index (χ3v) is 7.42. The first-order valence-corrected chi connectivity index (χ1v) is 12.1. The minimum absolute atomic E-state index is 0.128. The summed E-state index contributed by atoms with van der Waals surface area (Å²) in [5.74, 6) is -0.867. The van der Waals surface area contributed by atoms with Gasteiger partial charge in [-0.1, -0.05) is 36.4 Å². The average molecular weight is 524 g/mol. The van der Waals surface area contributed by atoms with Crippen molar-refractivity contribution in [2.45, 2.75) is 56.1 Å². The first-order valence-electron chi connectivity index (χ1n) is 12.1. The van der Waals surface area contributed by atoms with Crippen molar-refractivity contribution in [3.05, 3.63) is 82.2 Å². The zero-order chi connectivity index (χ0) is 27.1. The molecule has 1 aromatic heterocycles. The van der Waals surface area contributed by atoms with Crippen LogP contribution in [-0.2, 0) is 33.5 Å². The zero-order valence-electron chi connectivity index (χ0n) is 20.3. The Hall–Kier alpha value is -3.99. The highest BCUT2D eigenvalue weighted by atomic mass is 19.4. The fourth-order valence-corrected chi connectivity index (χ4v) is 5.74. The highest BCUT2D eigenvalue weighted by Gasteiger charge is 2.63. The van der Waals surface area contributed by atoms with Crippen molar-refractivity contribution in [1.29, 1.82) is 5.26 Å². The highest BCUT2D eigenvalue weighted by molar-refractivity contribution is 5.64. The molecule has 10 heteroatoms. The third kappa shape index (κ3) is 4.07. The van der Waals surface area contributed by atoms with Crippen LogP contribution in [0, 0.1) is 17.9 Å². The quantitative estimate of drug-likeness (QED) is 0.257. The Kier molecular flexibility index (Phi) is 6.34. The first kappa shape index (κ1) is 25.7. The van der Waals surface area contributed by atoms with Crippen LogP contribution in [0.5, 0.6) is 11.8 Å². The third-order valence-electron chi connectivity index (χ3n) is 7.42. The Morgan fingerprint density at radius 2 is 1.71 bits per heavy atom. The summed E-state index contributed by atoms with van der Waals surface area (Å²) in [6.07, 6.45) is -3.12. The summed E-state index contributed by atoms with van der Waals surface area (Å²) in [6, 6.07) is 14.7. The Labute approximate surface area is 217 Å². The summed E-state index contributed by atoms with van der Waals surface area (Å²) in [5, 5.41) is 31.9. The summed E-state index contributed by atoms with van der Waals surface area (Å²) >= 11 is 0. The molecule has 0 spiro atoms. The number of rotatable bonds is 8. The maximum Gasteiger partial charge on any atom is 0.407 e. The van der Waals surface area contributed by atoms with E-state index < -0.39 is 40.4 Å². The Morgan fingerprint density at radius 1 is 1.05 bits per heavy atom. The molecule has 2 aliphatic rings. The van der Waals surface area contributed by atoms with Crippen molar-refractivity contribution in [1.82, 2.24) is 4.57 Å². The number of nitrogens with zero attached hydrogens (tertiary/aromatic N) is 3. The molecule has 2 unspecified atom stereocenters. The van der Waals surface area contributed by atoms with Crippen LogP contribution in [0.1, 0.15) is 54.4 Å². The van der Waals surface area contributed by atoms with Gasteiger partial charge >= 0.3 is 6.18 Å². The van der Waals surface area contributed by atoms with E-state index in [0.29, 0.717) is 37.0 Å². The van der Waals surface area contributed by atoms with Gasteiger partial charge in [0, 0.05) is 12.8 Å². The molecule has 0 radical (unpaired) electrons. The fraction of sp³-hybridized carbons (Fsp3) is 0.357. The van der Waals surface area contributed by atoms with Crippen molar-refractivity contribution >= 4 is 5.69 Å². The molecule has 2 bridgehead atoms.